The molecule has 1 aliphatic rings. The molecule has 0 unspecified atom stereocenters. The highest BCUT2D eigenvalue weighted by atomic mass is 16.1. The number of ketones is 1. The Labute approximate surface area is 84.1 Å². The molecule has 0 bridgehead atoms. The van der Waals surface area contributed by atoms with E-state index in [2.05, 4.69) is 18.1 Å². The molecule has 0 saturated heterocycles. The van der Waals surface area contributed by atoms with Gasteiger partial charge in [0.05, 0.1) is 11.7 Å². The van der Waals surface area contributed by atoms with Gasteiger partial charge in [-0.25, -0.2) is 0 Å². The maximum absolute atomic E-state index is 11.3. The first-order valence-electron chi connectivity index (χ1n) is 5.21. The fourth-order valence-electron chi connectivity index (χ4n) is 2.23. The Hall–Kier alpha value is -1.12. The molecular formula is C11H16N2O. The van der Waals surface area contributed by atoms with E-state index in [9.17, 15) is 4.79 Å². The second-order valence-corrected chi connectivity index (χ2v) is 4.16. The van der Waals surface area contributed by atoms with Crippen molar-refractivity contribution in [2.45, 2.75) is 45.6 Å². The molecule has 14 heavy (non-hydrogen) atoms. The second kappa shape index (κ2) is 3.56. The van der Waals surface area contributed by atoms with Crippen molar-refractivity contribution in [3.63, 3.8) is 0 Å². The van der Waals surface area contributed by atoms with E-state index in [1.165, 1.54) is 5.69 Å². The van der Waals surface area contributed by atoms with Gasteiger partial charge in [0.15, 0.2) is 0 Å². The van der Waals surface area contributed by atoms with Crippen molar-refractivity contribution in [3.05, 3.63) is 17.5 Å². The van der Waals surface area contributed by atoms with Crippen LogP contribution in [0, 0.1) is 13.8 Å². The van der Waals surface area contributed by atoms with E-state index in [1.807, 2.05) is 11.6 Å². The van der Waals surface area contributed by atoms with Gasteiger partial charge in [-0.05, 0) is 32.8 Å². The summed E-state index contributed by atoms with van der Waals surface area (Å²) in [6.45, 7) is 4.05. The number of carbonyl (C=O) groups excluding carboxylic acids is 1. The topological polar surface area (TPSA) is 34.9 Å². The lowest BCUT2D eigenvalue weighted by molar-refractivity contribution is -0.121. The van der Waals surface area contributed by atoms with Crippen LogP contribution >= 0.6 is 0 Å². The van der Waals surface area contributed by atoms with Crippen LogP contribution in [0.15, 0.2) is 6.07 Å². The highest BCUT2D eigenvalue weighted by Crippen LogP contribution is 2.26. The molecule has 0 radical (unpaired) electrons. The molecule has 1 heterocycles. The second-order valence-electron chi connectivity index (χ2n) is 4.16. The predicted octanol–water partition coefficient (Wildman–Crippen LogP) is 2.18. The third-order valence-electron chi connectivity index (χ3n) is 2.85. The first-order valence-corrected chi connectivity index (χ1v) is 5.21. The van der Waals surface area contributed by atoms with Crippen LogP contribution in [0.4, 0.5) is 0 Å². The first kappa shape index (κ1) is 9.44. The van der Waals surface area contributed by atoms with Gasteiger partial charge in [0, 0.05) is 18.5 Å². The molecule has 1 fully saturated rings. The van der Waals surface area contributed by atoms with Gasteiger partial charge in [-0.2, -0.15) is 5.10 Å². The number of aryl methyl sites for hydroxylation is 2. The number of carbonyl (C=O) groups is 1. The Morgan fingerprint density at radius 2 is 2.29 bits per heavy atom. The average Bonchev–Trinajstić information content (AvgIpc) is 2.45. The molecule has 1 aliphatic carbocycles. The minimum atomic E-state index is 0.310. The molecule has 1 saturated carbocycles. The number of rotatable bonds is 1. The molecule has 1 aromatic rings. The van der Waals surface area contributed by atoms with Crippen molar-refractivity contribution in [1.82, 2.24) is 9.78 Å². The summed E-state index contributed by atoms with van der Waals surface area (Å²) in [5.74, 6) is 0.383. The molecule has 0 amide bonds. The number of hydrogen-bond acceptors (Lipinski definition) is 2. The van der Waals surface area contributed by atoms with Crippen LogP contribution in [0.3, 0.4) is 0 Å². The highest BCUT2D eigenvalue weighted by Gasteiger charge is 2.22. The van der Waals surface area contributed by atoms with Gasteiger partial charge in [0.25, 0.3) is 0 Å². The number of hydrogen-bond donors (Lipinski definition) is 0. The SMILES string of the molecule is Cc1cc(C)n([C@H]2CCCC(=O)C2)n1. The van der Waals surface area contributed by atoms with E-state index in [4.69, 9.17) is 0 Å². The van der Waals surface area contributed by atoms with Crippen LogP contribution in [0.1, 0.15) is 43.1 Å². The van der Waals surface area contributed by atoms with Crippen LogP contribution in [-0.4, -0.2) is 15.6 Å². The molecule has 3 nitrogen and oxygen atoms in total. The smallest absolute Gasteiger partial charge is 0.135 e. The van der Waals surface area contributed by atoms with E-state index in [1.54, 1.807) is 0 Å². The molecular weight excluding hydrogens is 176 g/mol. The summed E-state index contributed by atoms with van der Waals surface area (Å²) < 4.78 is 2.02. The summed E-state index contributed by atoms with van der Waals surface area (Å²) in [4.78, 5) is 11.3. The predicted molar refractivity (Wildman–Crippen MR) is 54.2 cm³/mol. The Kier molecular flexibility index (Phi) is 2.40. The summed E-state index contributed by atoms with van der Waals surface area (Å²) in [6, 6.07) is 2.38. The molecule has 2 rings (SSSR count). The molecule has 0 aliphatic heterocycles. The van der Waals surface area contributed by atoms with E-state index in [0.29, 0.717) is 18.2 Å². The van der Waals surface area contributed by atoms with Crippen molar-refractivity contribution in [2.75, 3.05) is 0 Å². The van der Waals surface area contributed by atoms with Gasteiger partial charge in [0.1, 0.15) is 5.78 Å². The zero-order chi connectivity index (χ0) is 10.1. The zero-order valence-electron chi connectivity index (χ0n) is 8.79. The molecule has 0 N–H and O–H groups in total. The lowest BCUT2D eigenvalue weighted by Crippen LogP contribution is -2.20. The van der Waals surface area contributed by atoms with Crippen molar-refractivity contribution in [1.29, 1.82) is 0 Å². The largest absolute Gasteiger partial charge is 0.300 e. The van der Waals surface area contributed by atoms with Gasteiger partial charge < -0.3 is 0 Å². The fourth-order valence-corrected chi connectivity index (χ4v) is 2.23. The maximum atomic E-state index is 11.3. The standard InChI is InChI=1S/C11H16N2O/c1-8-6-9(2)13(12-8)10-4-3-5-11(14)7-10/h6,10H,3-5,7H2,1-2H3/t10-/m0/s1. The van der Waals surface area contributed by atoms with Gasteiger partial charge >= 0.3 is 0 Å². The first-order chi connectivity index (χ1) is 6.66. The van der Waals surface area contributed by atoms with Crippen molar-refractivity contribution in [2.24, 2.45) is 0 Å². The Morgan fingerprint density at radius 3 is 2.86 bits per heavy atom. The monoisotopic (exact) mass is 192 g/mol. The minimum Gasteiger partial charge on any atom is -0.300 e. The van der Waals surface area contributed by atoms with E-state index < -0.39 is 0 Å². The number of nitrogens with zero attached hydrogens (tertiary/aromatic N) is 2. The summed E-state index contributed by atoms with van der Waals surface area (Å²) >= 11 is 0. The van der Waals surface area contributed by atoms with E-state index in [-0.39, 0.29) is 0 Å². The Balaban J connectivity index is 2.21. The highest BCUT2D eigenvalue weighted by molar-refractivity contribution is 5.79. The van der Waals surface area contributed by atoms with Crippen LogP contribution in [0.2, 0.25) is 0 Å². The van der Waals surface area contributed by atoms with Gasteiger partial charge in [-0.3, -0.25) is 9.48 Å². The van der Waals surface area contributed by atoms with E-state index in [0.717, 1.165) is 25.0 Å². The quantitative estimate of drug-likeness (QED) is 0.683. The summed E-state index contributed by atoms with van der Waals surface area (Å²) in [5, 5.41) is 4.43. The van der Waals surface area contributed by atoms with Gasteiger partial charge in [-0.15, -0.1) is 0 Å². The van der Waals surface area contributed by atoms with Crippen LogP contribution in [-0.2, 0) is 4.79 Å². The van der Waals surface area contributed by atoms with E-state index >= 15 is 0 Å². The Morgan fingerprint density at radius 1 is 1.50 bits per heavy atom. The molecule has 3 heteroatoms. The number of aromatic nitrogens is 2. The van der Waals surface area contributed by atoms with Gasteiger partial charge in [0.2, 0.25) is 0 Å². The van der Waals surface area contributed by atoms with Gasteiger partial charge in [-0.1, -0.05) is 0 Å². The summed E-state index contributed by atoms with van der Waals surface area (Å²) in [6.07, 6.45) is 3.54. The average molecular weight is 192 g/mol. The summed E-state index contributed by atoms with van der Waals surface area (Å²) in [5.41, 5.74) is 2.21. The molecule has 76 valence electrons. The van der Waals surface area contributed by atoms with Crippen molar-refractivity contribution < 1.29 is 4.79 Å². The normalized spacial score (nSPS) is 22.7. The zero-order valence-corrected chi connectivity index (χ0v) is 8.79. The van der Waals surface area contributed by atoms with Crippen LogP contribution in [0.25, 0.3) is 0 Å². The van der Waals surface area contributed by atoms with Crippen molar-refractivity contribution in [3.8, 4) is 0 Å². The van der Waals surface area contributed by atoms with Crippen molar-refractivity contribution >= 4 is 5.78 Å². The fraction of sp³-hybridized carbons (Fsp3) is 0.636. The van der Waals surface area contributed by atoms with Crippen LogP contribution in [0.5, 0.6) is 0 Å². The number of Topliss-reactive ketones (excluding diaryl/α,β-unsaturated/α-hetero) is 1. The lowest BCUT2D eigenvalue weighted by Gasteiger charge is -2.22. The van der Waals surface area contributed by atoms with Crippen LogP contribution < -0.4 is 0 Å². The Bertz CT molecular complexity index is 354. The minimum absolute atomic E-state index is 0.310. The molecule has 1 atom stereocenters. The molecule has 0 aromatic carbocycles. The third-order valence-corrected chi connectivity index (χ3v) is 2.85. The molecule has 1 aromatic heterocycles. The summed E-state index contributed by atoms with van der Waals surface area (Å²) in [7, 11) is 0. The maximum Gasteiger partial charge on any atom is 0.135 e. The lowest BCUT2D eigenvalue weighted by atomic mass is 9.94. The third kappa shape index (κ3) is 1.72. The molecule has 0 spiro atoms.